The number of phenolic OH excluding ortho intramolecular Hbond substituents is 2. The summed E-state index contributed by atoms with van der Waals surface area (Å²) in [5.41, 5.74) is 7.56. The van der Waals surface area contributed by atoms with Crippen molar-refractivity contribution in [1.82, 2.24) is 0 Å². The minimum Gasteiger partial charge on any atom is -0.504 e. The molecule has 0 amide bonds. The third-order valence-electron chi connectivity index (χ3n) is 7.75. The van der Waals surface area contributed by atoms with Crippen molar-refractivity contribution in [2.45, 2.75) is 104 Å². The normalized spacial score (nSPS) is 13.0. The van der Waals surface area contributed by atoms with Crippen LogP contribution in [0.2, 0.25) is 0 Å². The summed E-state index contributed by atoms with van der Waals surface area (Å²) in [6, 6.07) is 6.45. The number of aromatic hydroxyl groups is 2. The average molecular weight is 588 g/mol. The van der Waals surface area contributed by atoms with Gasteiger partial charge in [-0.15, -0.1) is 0 Å². The van der Waals surface area contributed by atoms with Gasteiger partial charge in [0.25, 0.3) is 0 Å². The zero-order chi connectivity index (χ0) is 31.8. The van der Waals surface area contributed by atoms with Crippen molar-refractivity contribution in [3.05, 3.63) is 58.1 Å². The number of hydrogen-bond acceptors (Lipinski definition) is 6. The summed E-state index contributed by atoms with van der Waals surface area (Å²) < 4.78 is 0. The van der Waals surface area contributed by atoms with Crippen LogP contribution in [0.1, 0.15) is 116 Å². The van der Waals surface area contributed by atoms with Crippen LogP contribution >= 0.6 is 0 Å². The zero-order valence-corrected chi connectivity index (χ0v) is 25.4. The monoisotopic (exact) mass is 587 g/mol. The molecule has 9 nitrogen and oxygen atoms in total. The molecule has 2 aromatic carbocycles. The first-order valence-electron chi connectivity index (χ1n) is 15.0. The van der Waals surface area contributed by atoms with Crippen LogP contribution in [0.3, 0.4) is 0 Å². The lowest BCUT2D eigenvalue weighted by atomic mass is 9.82. The Hall–Kier alpha value is -3.59. The molecule has 42 heavy (non-hydrogen) atoms. The largest absolute Gasteiger partial charge is 0.504 e. The Labute approximate surface area is 249 Å². The second-order valence-electron chi connectivity index (χ2n) is 10.9. The van der Waals surface area contributed by atoms with E-state index in [9.17, 15) is 24.6 Å². The fraction of sp³-hybridized carbons (Fsp3) is 0.545. The molecule has 0 radical (unpaired) electrons. The van der Waals surface area contributed by atoms with Gasteiger partial charge in [-0.2, -0.15) is 0 Å². The molecule has 2 unspecified atom stereocenters. The molecule has 0 bridgehead atoms. The molecule has 0 aromatic heterocycles. The van der Waals surface area contributed by atoms with E-state index in [-0.39, 0.29) is 29.0 Å². The minimum atomic E-state index is -1.16. The zero-order valence-electron chi connectivity index (χ0n) is 25.4. The highest BCUT2D eigenvalue weighted by Crippen LogP contribution is 2.30. The second kappa shape index (κ2) is 18.8. The van der Waals surface area contributed by atoms with Crippen LogP contribution < -0.4 is 5.73 Å². The Balaban J connectivity index is 0.000000525. The lowest BCUT2D eigenvalue weighted by Crippen LogP contribution is -2.32. The van der Waals surface area contributed by atoms with Gasteiger partial charge in [-0.1, -0.05) is 91.2 Å². The highest BCUT2D eigenvalue weighted by molar-refractivity contribution is 6.03. The summed E-state index contributed by atoms with van der Waals surface area (Å²) in [5, 5.41) is 46.0. The van der Waals surface area contributed by atoms with Gasteiger partial charge in [-0.05, 0) is 66.0 Å². The molecule has 0 aliphatic rings. The maximum Gasteiger partial charge on any atom is 0.336 e. The van der Waals surface area contributed by atoms with Crippen LogP contribution in [0.25, 0.3) is 0 Å². The molecule has 0 saturated carbocycles. The lowest BCUT2D eigenvalue weighted by Gasteiger charge is -2.23. The fourth-order valence-electron chi connectivity index (χ4n) is 5.06. The summed E-state index contributed by atoms with van der Waals surface area (Å²) in [4.78, 5) is 34.1. The predicted molar refractivity (Wildman–Crippen MR) is 163 cm³/mol. The van der Waals surface area contributed by atoms with E-state index >= 15 is 0 Å². The van der Waals surface area contributed by atoms with Gasteiger partial charge in [-0.3, -0.25) is 4.79 Å². The van der Waals surface area contributed by atoms with E-state index in [1.54, 1.807) is 0 Å². The maximum absolute atomic E-state index is 12.0. The molecule has 234 valence electrons. The van der Waals surface area contributed by atoms with E-state index in [2.05, 4.69) is 27.7 Å². The summed E-state index contributed by atoms with van der Waals surface area (Å²) in [5.74, 6) is -3.01. The first kappa shape index (κ1) is 36.4. The van der Waals surface area contributed by atoms with Crippen molar-refractivity contribution in [2.75, 3.05) is 0 Å². The molecule has 2 aromatic rings. The summed E-state index contributed by atoms with van der Waals surface area (Å²) in [6.07, 6.45) is 10.3. The molecule has 0 aliphatic heterocycles. The molecule has 9 heteroatoms. The molecule has 3 atom stereocenters. The SMILES string of the molecule is CCCCC(CC)Cc1ccc(C(=O)O)c(C(=O)O)c1CC(CC)CCCC.N[C@@H](Cc1ccc(O)c(O)c1)C(=O)O. The van der Waals surface area contributed by atoms with Crippen LogP contribution in [0.15, 0.2) is 30.3 Å². The Morgan fingerprint density at radius 3 is 1.76 bits per heavy atom. The Bertz CT molecular complexity index is 1160. The van der Waals surface area contributed by atoms with Crippen LogP contribution in [0.4, 0.5) is 0 Å². The number of carboxylic acid groups (broad SMARTS) is 3. The van der Waals surface area contributed by atoms with Crippen LogP contribution in [0.5, 0.6) is 11.5 Å². The molecular weight excluding hydrogens is 538 g/mol. The third-order valence-corrected chi connectivity index (χ3v) is 7.75. The summed E-state index contributed by atoms with van der Waals surface area (Å²) >= 11 is 0. The van der Waals surface area contributed by atoms with Crippen molar-refractivity contribution in [3.63, 3.8) is 0 Å². The van der Waals surface area contributed by atoms with Gasteiger partial charge < -0.3 is 31.3 Å². The predicted octanol–water partition coefficient (Wildman–Crippen LogP) is 6.65. The molecule has 0 fully saturated rings. The average Bonchev–Trinajstić information content (AvgIpc) is 2.95. The molecule has 0 aliphatic carbocycles. The number of carboxylic acids is 3. The molecule has 7 N–H and O–H groups in total. The highest BCUT2D eigenvalue weighted by Gasteiger charge is 2.25. The van der Waals surface area contributed by atoms with Gasteiger partial charge in [0.1, 0.15) is 6.04 Å². The van der Waals surface area contributed by atoms with Gasteiger partial charge in [0, 0.05) is 0 Å². The lowest BCUT2D eigenvalue weighted by molar-refractivity contribution is -0.138. The second-order valence-corrected chi connectivity index (χ2v) is 10.9. The van der Waals surface area contributed by atoms with E-state index in [1.807, 2.05) is 6.07 Å². The number of phenols is 2. The van der Waals surface area contributed by atoms with E-state index in [0.717, 1.165) is 62.5 Å². The number of benzene rings is 2. The Morgan fingerprint density at radius 1 is 0.738 bits per heavy atom. The summed E-state index contributed by atoms with van der Waals surface area (Å²) in [6.45, 7) is 8.66. The smallest absolute Gasteiger partial charge is 0.336 e. The van der Waals surface area contributed by atoms with E-state index in [0.29, 0.717) is 23.8 Å². The Morgan fingerprint density at radius 2 is 1.31 bits per heavy atom. The first-order chi connectivity index (χ1) is 19.9. The van der Waals surface area contributed by atoms with Crippen LogP contribution in [-0.2, 0) is 24.1 Å². The third kappa shape index (κ3) is 11.7. The van der Waals surface area contributed by atoms with Gasteiger partial charge >= 0.3 is 17.9 Å². The van der Waals surface area contributed by atoms with Gasteiger partial charge in [0.05, 0.1) is 11.1 Å². The van der Waals surface area contributed by atoms with Gasteiger partial charge in [0.15, 0.2) is 11.5 Å². The number of carbonyl (C=O) groups is 3. The number of unbranched alkanes of at least 4 members (excludes halogenated alkanes) is 2. The first-order valence-corrected chi connectivity index (χ1v) is 15.0. The van der Waals surface area contributed by atoms with Crippen LogP contribution in [0, 0.1) is 11.8 Å². The number of aromatic carboxylic acids is 2. The van der Waals surface area contributed by atoms with Crippen LogP contribution in [-0.4, -0.2) is 49.5 Å². The van der Waals surface area contributed by atoms with Crippen molar-refractivity contribution >= 4 is 17.9 Å². The Kier molecular flexibility index (Phi) is 16.3. The van der Waals surface area contributed by atoms with E-state index in [4.69, 9.17) is 21.1 Å². The quantitative estimate of drug-likeness (QED) is 0.110. The standard InChI is InChI=1S/C24H38O4.C9H11NO4/c1-5-9-11-17(7-3)15-19-13-14-20(23(25)26)22(24(27)28)21(19)16-18(8-4)12-10-6-2;10-6(9(13)14)3-5-1-2-7(11)8(12)4-5/h13-14,17-18H,5-12,15-16H2,1-4H3,(H,25,26)(H,27,28);1-2,4,6,11-12H,3,10H2,(H,13,14)/t;6-/m.0/s1. The molecule has 0 saturated heterocycles. The molecule has 0 heterocycles. The number of hydrogen-bond donors (Lipinski definition) is 6. The molecule has 2 rings (SSSR count). The number of aliphatic carboxylic acids is 1. The van der Waals surface area contributed by atoms with Gasteiger partial charge in [-0.25, -0.2) is 9.59 Å². The van der Waals surface area contributed by atoms with E-state index < -0.39 is 23.9 Å². The van der Waals surface area contributed by atoms with Crippen molar-refractivity contribution in [1.29, 1.82) is 0 Å². The maximum atomic E-state index is 12.0. The number of rotatable bonds is 17. The number of nitrogens with two attached hydrogens (primary N) is 1. The minimum absolute atomic E-state index is 0.00490. The van der Waals surface area contributed by atoms with E-state index in [1.165, 1.54) is 30.7 Å². The summed E-state index contributed by atoms with van der Waals surface area (Å²) in [7, 11) is 0. The van der Waals surface area contributed by atoms with Crippen molar-refractivity contribution < 1.29 is 39.9 Å². The van der Waals surface area contributed by atoms with Crippen molar-refractivity contribution in [3.8, 4) is 11.5 Å². The highest BCUT2D eigenvalue weighted by atomic mass is 16.4. The molecular formula is C33H49NO8. The van der Waals surface area contributed by atoms with Crippen molar-refractivity contribution in [2.24, 2.45) is 17.6 Å². The topological polar surface area (TPSA) is 178 Å². The molecule has 0 spiro atoms. The fourth-order valence-corrected chi connectivity index (χ4v) is 5.06. The van der Waals surface area contributed by atoms with Gasteiger partial charge in [0.2, 0.25) is 0 Å².